The van der Waals surface area contributed by atoms with Crippen LogP contribution in [0.15, 0.2) is 18.2 Å². The van der Waals surface area contributed by atoms with Gasteiger partial charge in [0.05, 0.1) is 5.56 Å². The molecule has 0 heterocycles. The predicted octanol–water partition coefficient (Wildman–Crippen LogP) is 3.46. The van der Waals surface area contributed by atoms with Crippen LogP contribution in [0, 0.1) is 17.1 Å². The van der Waals surface area contributed by atoms with Crippen LogP contribution in [0.1, 0.15) is 36.8 Å². The van der Waals surface area contributed by atoms with Crippen molar-refractivity contribution in [3.63, 3.8) is 0 Å². The first-order valence-electron chi connectivity index (χ1n) is 6.70. The molecule has 0 saturated heterocycles. The van der Waals surface area contributed by atoms with E-state index in [4.69, 9.17) is 5.26 Å². The van der Waals surface area contributed by atoms with Crippen LogP contribution >= 0.6 is 11.8 Å². The van der Waals surface area contributed by atoms with Crippen LogP contribution in [0.3, 0.4) is 0 Å². The normalized spacial score (nSPS) is 23.0. The summed E-state index contributed by atoms with van der Waals surface area (Å²) in [5.74, 6) is -0.381. The smallest absolute Gasteiger partial charge is 0.145 e. The molecule has 1 N–H and O–H groups in total. The van der Waals surface area contributed by atoms with Crippen LogP contribution in [-0.4, -0.2) is 17.5 Å². The summed E-state index contributed by atoms with van der Waals surface area (Å²) in [7, 11) is 0. The van der Waals surface area contributed by atoms with Crippen LogP contribution in [0.25, 0.3) is 0 Å². The Hall–Kier alpha value is -1.05. The number of hydrogen-bond acceptors (Lipinski definition) is 3. The summed E-state index contributed by atoms with van der Waals surface area (Å²) in [5.41, 5.74) is 0.717. The summed E-state index contributed by atoms with van der Waals surface area (Å²) in [6.45, 7) is 0.503. The lowest BCUT2D eigenvalue weighted by Gasteiger charge is -2.31. The number of rotatable bonds is 4. The van der Waals surface area contributed by atoms with E-state index < -0.39 is 0 Å². The quantitative estimate of drug-likeness (QED) is 0.916. The molecule has 1 aliphatic carbocycles. The largest absolute Gasteiger partial charge is 0.309 e. The van der Waals surface area contributed by atoms with Crippen molar-refractivity contribution in [3.8, 4) is 6.07 Å². The van der Waals surface area contributed by atoms with E-state index in [0.29, 0.717) is 23.4 Å². The van der Waals surface area contributed by atoms with E-state index in [1.165, 1.54) is 25.3 Å². The Kier molecular flexibility index (Phi) is 5.24. The highest BCUT2D eigenvalue weighted by Gasteiger charge is 2.24. The maximum atomic E-state index is 13.9. The molecule has 0 bridgehead atoms. The second kappa shape index (κ2) is 6.93. The number of nitrogens with zero attached hydrogens (tertiary/aromatic N) is 1. The molecular formula is C15H19FN2S. The summed E-state index contributed by atoms with van der Waals surface area (Å²) in [6, 6.07) is 7.35. The van der Waals surface area contributed by atoms with Gasteiger partial charge in [0.2, 0.25) is 0 Å². The Morgan fingerprint density at radius 3 is 2.95 bits per heavy atom. The average Bonchev–Trinajstić information content (AvgIpc) is 2.46. The highest BCUT2D eigenvalue weighted by Crippen LogP contribution is 2.27. The monoisotopic (exact) mass is 278 g/mol. The van der Waals surface area contributed by atoms with E-state index in [9.17, 15) is 4.39 Å². The molecule has 2 nitrogen and oxygen atoms in total. The van der Waals surface area contributed by atoms with Gasteiger partial charge in [-0.25, -0.2) is 4.39 Å². The maximum absolute atomic E-state index is 13.9. The van der Waals surface area contributed by atoms with Crippen LogP contribution in [-0.2, 0) is 6.54 Å². The number of benzene rings is 1. The van der Waals surface area contributed by atoms with Crippen molar-refractivity contribution in [3.05, 3.63) is 35.1 Å². The third-order valence-corrected chi connectivity index (χ3v) is 4.93. The highest BCUT2D eigenvalue weighted by atomic mass is 32.2. The van der Waals surface area contributed by atoms with Crippen molar-refractivity contribution >= 4 is 11.8 Å². The van der Waals surface area contributed by atoms with Crippen molar-refractivity contribution in [2.24, 2.45) is 0 Å². The zero-order valence-corrected chi connectivity index (χ0v) is 12.0. The fraction of sp³-hybridized carbons (Fsp3) is 0.533. The van der Waals surface area contributed by atoms with Crippen molar-refractivity contribution in [1.82, 2.24) is 5.32 Å². The molecule has 2 rings (SSSR count). The fourth-order valence-corrected chi connectivity index (χ4v) is 3.62. The highest BCUT2D eigenvalue weighted by molar-refractivity contribution is 7.99. The molecule has 2 atom stereocenters. The van der Waals surface area contributed by atoms with E-state index in [1.807, 2.05) is 17.8 Å². The van der Waals surface area contributed by atoms with Gasteiger partial charge >= 0.3 is 0 Å². The van der Waals surface area contributed by atoms with Gasteiger partial charge in [-0.05, 0) is 25.2 Å². The molecule has 1 aromatic rings. The third kappa shape index (κ3) is 3.49. The molecule has 0 spiro atoms. The van der Waals surface area contributed by atoms with E-state index in [0.717, 1.165) is 6.42 Å². The molecule has 1 saturated carbocycles. The molecule has 1 aliphatic rings. The molecule has 0 aromatic heterocycles. The minimum absolute atomic E-state index is 0.129. The SMILES string of the molecule is CSC1CCCCC1NCc1cccc(C#N)c1F. The van der Waals surface area contributed by atoms with Crippen LogP contribution in [0.5, 0.6) is 0 Å². The standard InChI is InChI=1S/C15H19FN2S/c1-19-14-8-3-2-7-13(14)18-10-12-6-4-5-11(9-17)15(12)16/h4-6,13-14,18H,2-3,7-8,10H2,1H3. The molecular weight excluding hydrogens is 259 g/mol. The van der Waals surface area contributed by atoms with Gasteiger partial charge in [0.1, 0.15) is 11.9 Å². The Morgan fingerprint density at radius 2 is 2.21 bits per heavy atom. The first-order valence-corrected chi connectivity index (χ1v) is 7.98. The molecule has 0 radical (unpaired) electrons. The topological polar surface area (TPSA) is 35.8 Å². The molecule has 2 unspecified atom stereocenters. The second-order valence-corrected chi connectivity index (χ2v) is 6.01. The van der Waals surface area contributed by atoms with Crippen LogP contribution in [0.4, 0.5) is 4.39 Å². The molecule has 0 aliphatic heterocycles. The lowest BCUT2D eigenvalue weighted by molar-refractivity contribution is 0.380. The van der Waals surface area contributed by atoms with Gasteiger partial charge in [0, 0.05) is 23.4 Å². The van der Waals surface area contributed by atoms with Gasteiger partial charge in [0.15, 0.2) is 0 Å². The maximum Gasteiger partial charge on any atom is 0.145 e. The zero-order chi connectivity index (χ0) is 13.7. The van der Waals surface area contributed by atoms with E-state index in [1.54, 1.807) is 12.1 Å². The summed E-state index contributed by atoms with van der Waals surface area (Å²) in [6.07, 6.45) is 7.07. The van der Waals surface area contributed by atoms with E-state index >= 15 is 0 Å². The molecule has 1 aromatic carbocycles. The fourth-order valence-electron chi connectivity index (χ4n) is 2.66. The summed E-state index contributed by atoms with van der Waals surface area (Å²) >= 11 is 1.89. The van der Waals surface area contributed by atoms with E-state index in [-0.39, 0.29) is 11.4 Å². The second-order valence-electron chi connectivity index (χ2n) is 4.94. The van der Waals surface area contributed by atoms with Crippen LogP contribution in [0.2, 0.25) is 0 Å². The number of thioether (sulfide) groups is 1. The summed E-state index contributed by atoms with van der Waals surface area (Å²) in [4.78, 5) is 0. The summed E-state index contributed by atoms with van der Waals surface area (Å²) in [5, 5.41) is 12.9. The Bertz CT molecular complexity index is 470. The summed E-state index contributed by atoms with van der Waals surface area (Å²) < 4.78 is 13.9. The van der Waals surface area contributed by atoms with Gasteiger partial charge in [-0.15, -0.1) is 0 Å². The molecule has 0 amide bonds. The molecule has 19 heavy (non-hydrogen) atoms. The number of nitriles is 1. The van der Waals surface area contributed by atoms with Crippen LogP contribution < -0.4 is 5.32 Å². The van der Waals surface area contributed by atoms with Gasteiger partial charge in [-0.2, -0.15) is 17.0 Å². The first kappa shape index (κ1) is 14.4. The molecule has 1 fully saturated rings. The Morgan fingerprint density at radius 1 is 1.42 bits per heavy atom. The lowest BCUT2D eigenvalue weighted by Crippen LogP contribution is -2.40. The lowest BCUT2D eigenvalue weighted by atomic mass is 9.94. The minimum atomic E-state index is -0.381. The molecule has 102 valence electrons. The minimum Gasteiger partial charge on any atom is -0.309 e. The number of hydrogen-bond donors (Lipinski definition) is 1. The number of nitrogens with one attached hydrogen (secondary N) is 1. The first-order chi connectivity index (χ1) is 9.26. The van der Waals surface area contributed by atoms with Gasteiger partial charge < -0.3 is 5.32 Å². The van der Waals surface area contributed by atoms with Gasteiger partial charge in [0.25, 0.3) is 0 Å². The van der Waals surface area contributed by atoms with Crippen molar-refractivity contribution in [1.29, 1.82) is 5.26 Å². The van der Waals surface area contributed by atoms with Crippen molar-refractivity contribution in [2.45, 2.75) is 43.5 Å². The van der Waals surface area contributed by atoms with E-state index in [2.05, 4.69) is 11.6 Å². The van der Waals surface area contributed by atoms with Crippen molar-refractivity contribution < 1.29 is 4.39 Å². The van der Waals surface area contributed by atoms with Gasteiger partial charge in [-0.3, -0.25) is 0 Å². The average molecular weight is 278 g/mol. The van der Waals surface area contributed by atoms with Crippen molar-refractivity contribution in [2.75, 3.05) is 6.26 Å². The number of halogens is 1. The third-order valence-electron chi connectivity index (χ3n) is 3.76. The Balaban J connectivity index is 2.00. The Labute approximate surface area is 118 Å². The zero-order valence-electron chi connectivity index (χ0n) is 11.2. The molecule has 4 heteroatoms. The predicted molar refractivity (Wildman–Crippen MR) is 77.5 cm³/mol. The van der Waals surface area contributed by atoms with Gasteiger partial charge in [-0.1, -0.05) is 25.0 Å².